The third-order valence-corrected chi connectivity index (χ3v) is 5.66. The van der Waals surface area contributed by atoms with Gasteiger partial charge in [-0.25, -0.2) is 4.98 Å². The highest BCUT2D eigenvalue weighted by atomic mass is 32.1. The molecule has 2 aromatic heterocycles. The Bertz CT molecular complexity index is 749. The summed E-state index contributed by atoms with van der Waals surface area (Å²) in [5.74, 6) is -0.625. The van der Waals surface area contributed by atoms with Gasteiger partial charge in [-0.15, -0.1) is 11.3 Å². The molecule has 2 aromatic rings. The second kappa shape index (κ2) is 8.28. The van der Waals surface area contributed by atoms with Gasteiger partial charge < -0.3 is 14.4 Å². The van der Waals surface area contributed by atoms with Crippen LogP contribution in [0.1, 0.15) is 26.5 Å². The highest BCUT2D eigenvalue weighted by Gasteiger charge is 2.30. The molecule has 3 rings (SSSR count). The van der Waals surface area contributed by atoms with Crippen molar-refractivity contribution in [3.8, 4) is 10.6 Å². The van der Waals surface area contributed by atoms with E-state index in [1.165, 1.54) is 11.3 Å². The number of hydrogen-bond acceptors (Lipinski definition) is 7. The number of thiazole rings is 1. The molecule has 26 heavy (non-hydrogen) atoms. The van der Waals surface area contributed by atoms with Gasteiger partial charge in [-0.3, -0.25) is 9.59 Å². The predicted molar refractivity (Wildman–Crippen MR) is 101 cm³/mol. The molecule has 1 saturated heterocycles. The van der Waals surface area contributed by atoms with Crippen molar-refractivity contribution in [3.05, 3.63) is 27.9 Å². The summed E-state index contributed by atoms with van der Waals surface area (Å²) >= 11 is 3.10. The van der Waals surface area contributed by atoms with Crippen LogP contribution in [0.2, 0.25) is 0 Å². The first-order valence-electron chi connectivity index (χ1n) is 8.53. The Morgan fingerprint density at radius 1 is 1.35 bits per heavy atom. The maximum absolute atomic E-state index is 12.5. The van der Waals surface area contributed by atoms with Crippen molar-refractivity contribution in [2.45, 2.75) is 45.5 Å². The maximum atomic E-state index is 12.5. The van der Waals surface area contributed by atoms with E-state index in [0.717, 1.165) is 10.6 Å². The van der Waals surface area contributed by atoms with Crippen LogP contribution in [-0.2, 0) is 25.5 Å². The molecule has 140 valence electrons. The minimum absolute atomic E-state index is 0.0175. The number of rotatable bonds is 5. The molecule has 1 aliphatic heterocycles. The van der Waals surface area contributed by atoms with Crippen molar-refractivity contribution in [1.29, 1.82) is 0 Å². The molecule has 3 unspecified atom stereocenters. The highest BCUT2D eigenvalue weighted by Crippen LogP contribution is 2.26. The molecule has 0 radical (unpaired) electrons. The Hall–Kier alpha value is -1.77. The van der Waals surface area contributed by atoms with Gasteiger partial charge in [-0.05, 0) is 32.2 Å². The Balaban J connectivity index is 1.53. The third kappa shape index (κ3) is 4.69. The molecule has 8 heteroatoms. The summed E-state index contributed by atoms with van der Waals surface area (Å²) in [5, 5.41) is 6.75. The van der Waals surface area contributed by atoms with Gasteiger partial charge in [0.05, 0.1) is 24.3 Å². The van der Waals surface area contributed by atoms with E-state index < -0.39 is 12.1 Å². The fraction of sp³-hybridized carbons (Fsp3) is 0.500. The number of thiophene rings is 1. The van der Waals surface area contributed by atoms with E-state index in [4.69, 9.17) is 9.47 Å². The lowest BCUT2D eigenvalue weighted by Crippen LogP contribution is -2.51. The number of esters is 1. The van der Waals surface area contributed by atoms with Crippen LogP contribution < -0.4 is 0 Å². The highest BCUT2D eigenvalue weighted by molar-refractivity contribution is 7.14. The van der Waals surface area contributed by atoms with Crippen molar-refractivity contribution >= 4 is 34.6 Å². The van der Waals surface area contributed by atoms with Crippen LogP contribution in [0.25, 0.3) is 10.6 Å². The van der Waals surface area contributed by atoms with E-state index in [2.05, 4.69) is 4.98 Å². The average molecular weight is 395 g/mol. The summed E-state index contributed by atoms with van der Waals surface area (Å²) < 4.78 is 11.0. The zero-order valence-electron chi connectivity index (χ0n) is 15.0. The van der Waals surface area contributed by atoms with Gasteiger partial charge in [0.2, 0.25) is 0 Å². The Morgan fingerprint density at radius 2 is 2.08 bits per heavy atom. The first-order valence-corrected chi connectivity index (χ1v) is 10.4. The molecule has 6 nitrogen and oxygen atoms in total. The molecule has 3 atom stereocenters. The molecule has 0 bridgehead atoms. The second-order valence-corrected chi connectivity index (χ2v) is 8.10. The number of nitrogens with zero attached hydrogens (tertiary/aromatic N) is 2. The normalized spacial score (nSPS) is 21.4. The number of carbonyl (C=O) groups excluding carboxylic acids is 2. The Labute approximate surface area is 160 Å². The molecule has 0 aliphatic carbocycles. The number of hydrogen-bond donors (Lipinski definition) is 0. The minimum atomic E-state index is -0.810. The van der Waals surface area contributed by atoms with E-state index in [9.17, 15) is 9.59 Å². The molecule has 0 spiro atoms. The lowest BCUT2D eigenvalue weighted by molar-refractivity contribution is -0.164. The van der Waals surface area contributed by atoms with Gasteiger partial charge in [0, 0.05) is 29.4 Å². The molecule has 0 aromatic carbocycles. The van der Waals surface area contributed by atoms with E-state index >= 15 is 0 Å². The third-order valence-electron chi connectivity index (χ3n) is 4.03. The van der Waals surface area contributed by atoms with Crippen molar-refractivity contribution in [2.24, 2.45) is 0 Å². The van der Waals surface area contributed by atoms with Gasteiger partial charge in [-0.1, -0.05) is 0 Å². The van der Waals surface area contributed by atoms with Crippen LogP contribution in [-0.4, -0.2) is 53.2 Å². The first-order chi connectivity index (χ1) is 12.4. The lowest BCUT2D eigenvalue weighted by Gasteiger charge is -2.36. The van der Waals surface area contributed by atoms with Gasteiger partial charge in [0.1, 0.15) is 5.01 Å². The average Bonchev–Trinajstić information content (AvgIpc) is 3.24. The zero-order chi connectivity index (χ0) is 18.7. The molecule has 0 N–H and O–H groups in total. The monoisotopic (exact) mass is 394 g/mol. The van der Waals surface area contributed by atoms with Gasteiger partial charge >= 0.3 is 5.97 Å². The smallest absolute Gasteiger partial charge is 0.312 e. The molecule has 1 aliphatic rings. The molecule has 1 amide bonds. The molecule has 0 saturated carbocycles. The maximum Gasteiger partial charge on any atom is 0.312 e. The minimum Gasteiger partial charge on any atom is -0.452 e. The fourth-order valence-corrected chi connectivity index (χ4v) is 4.49. The van der Waals surface area contributed by atoms with E-state index in [1.807, 2.05) is 36.1 Å². The molecule has 3 heterocycles. The number of carbonyl (C=O) groups is 2. The van der Waals surface area contributed by atoms with Crippen molar-refractivity contribution in [3.63, 3.8) is 0 Å². The van der Waals surface area contributed by atoms with Gasteiger partial charge in [0.15, 0.2) is 6.10 Å². The predicted octanol–water partition coefficient (Wildman–Crippen LogP) is 2.98. The van der Waals surface area contributed by atoms with Crippen LogP contribution in [0.15, 0.2) is 22.2 Å². The summed E-state index contributed by atoms with van der Waals surface area (Å²) in [7, 11) is 0. The number of ether oxygens (including phenoxy) is 2. The molecular weight excluding hydrogens is 372 g/mol. The van der Waals surface area contributed by atoms with E-state index in [-0.39, 0.29) is 24.5 Å². The van der Waals surface area contributed by atoms with Crippen LogP contribution in [0.3, 0.4) is 0 Å². The van der Waals surface area contributed by atoms with E-state index in [0.29, 0.717) is 18.8 Å². The second-order valence-electron chi connectivity index (χ2n) is 6.47. The van der Waals surface area contributed by atoms with Crippen molar-refractivity contribution in [1.82, 2.24) is 9.88 Å². The summed E-state index contributed by atoms with van der Waals surface area (Å²) in [6.45, 7) is 6.50. The van der Waals surface area contributed by atoms with E-state index in [1.54, 1.807) is 23.2 Å². The summed E-state index contributed by atoms with van der Waals surface area (Å²) in [5.41, 5.74) is 1.72. The summed E-state index contributed by atoms with van der Waals surface area (Å²) in [6.07, 6.45) is -0.781. The molecule has 1 fully saturated rings. The zero-order valence-corrected chi connectivity index (χ0v) is 16.6. The summed E-state index contributed by atoms with van der Waals surface area (Å²) in [6, 6.07) is 2.00. The molecular formula is C18H22N2O4S2. The van der Waals surface area contributed by atoms with Crippen molar-refractivity contribution in [2.75, 3.05) is 13.1 Å². The van der Waals surface area contributed by atoms with Crippen LogP contribution in [0.4, 0.5) is 0 Å². The SMILES string of the molecule is CC1CN(C(=O)C(C)OC(=O)Cc2csc(-c3ccsc3)n2)CC(C)O1. The fourth-order valence-electron chi connectivity index (χ4n) is 2.96. The Kier molecular flexibility index (Phi) is 6.05. The van der Waals surface area contributed by atoms with Crippen molar-refractivity contribution < 1.29 is 19.1 Å². The van der Waals surface area contributed by atoms with Gasteiger partial charge in [-0.2, -0.15) is 11.3 Å². The Morgan fingerprint density at radius 3 is 2.73 bits per heavy atom. The number of amides is 1. The first kappa shape index (κ1) is 19.0. The van der Waals surface area contributed by atoms with Crippen LogP contribution >= 0.6 is 22.7 Å². The lowest BCUT2D eigenvalue weighted by atomic mass is 10.2. The van der Waals surface area contributed by atoms with Crippen LogP contribution in [0, 0.1) is 0 Å². The number of aromatic nitrogens is 1. The van der Waals surface area contributed by atoms with Gasteiger partial charge in [0.25, 0.3) is 5.91 Å². The number of morpholine rings is 1. The van der Waals surface area contributed by atoms with Crippen LogP contribution in [0.5, 0.6) is 0 Å². The standard InChI is InChI=1S/C18H22N2O4S2/c1-11-7-20(8-12(2)23-11)18(22)13(3)24-16(21)6-15-10-26-17(19-15)14-4-5-25-9-14/h4-5,9-13H,6-8H2,1-3H3. The summed E-state index contributed by atoms with van der Waals surface area (Å²) in [4.78, 5) is 30.9. The quantitative estimate of drug-likeness (QED) is 0.729. The topological polar surface area (TPSA) is 68.7 Å². The largest absolute Gasteiger partial charge is 0.452 e.